The van der Waals surface area contributed by atoms with Gasteiger partial charge in [-0.15, -0.1) is 0 Å². The van der Waals surface area contributed by atoms with E-state index in [0.717, 1.165) is 12.0 Å². The van der Waals surface area contributed by atoms with Gasteiger partial charge in [0, 0.05) is 12.1 Å². The summed E-state index contributed by atoms with van der Waals surface area (Å²) >= 11 is 0. The van der Waals surface area contributed by atoms with E-state index in [1.807, 2.05) is 25.1 Å². The Morgan fingerprint density at radius 2 is 2.13 bits per heavy atom. The number of aliphatic hydroxyl groups is 1. The Labute approximate surface area is 90.1 Å². The van der Waals surface area contributed by atoms with Crippen molar-refractivity contribution in [3.8, 4) is 0 Å². The van der Waals surface area contributed by atoms with Crippen LogP contribution < -0.4 is 5.32 Å². The first kappa shape index (κ1) is 11.7. The van der Waals surface area contributed by atoms with E-state index in [0.29, 0.717) is 5.56 Å². The quantitative estimate of drug-likeness (QED) is 0.783. The molecule has 1 aromatic carbocycles. The van der Waals surface area contributed by atoms with Crippen molar-refractivity contribution in [2.75, 3.05) is 6.54 Å². The molecule has 1 amide bonds. The summed E-state index contributed by atoms with van der Waals surface area (Å²) in [4.78, 5) is 11.7. The smallest absolute Gasteiger partial charge is 0.251 e. The number of hydrogen-bond acceptors (Lipinski definition) is 2. The lowest BCUT2D eigenvalue weighted by Crippen LogP contribution is -2.31. The summed E-state index contributed by atoms with van der Waals surface area (Å²) in [6, 6.07) is 7.51. The number of carbonyl (C=O) groups is 1. The lowest BCUT2D eigenvalue weighted by atomic mass is 10.0. The third-order valence-corrected chi connectivity index (χ3v) is 2.20. The van der Waals surface area contributed by atoms with Gasteiger partial charge in [-0.1, -0.05) is 25.1 Å². The number of amides is 1. The summed E-state index contributed by atoms with van der Waals surface area (Å²) in [7, 11) is 0. The van der Waals surface area contributed by atoms with E-state index in [2.05, 4.69) is 5.32 Å². The average molecular weight is 207 g/mol. The van der Waals surface area contributed by atoms with Crippen LogP contribution in [0.3, 0.4) is 0 Å². The Hall–Kier alpha value is -1.35. The van der Waals surface area contributed by atoms with E-state index in [-0.39, 0.29) is 12.5 Å². The highest BCUT2D eigenvalue weighted by atomic mass is 16.3. The van der Waals surface area contributed by atoms with Gasteiger partial charge in [-0.3, -0.25) is 4.79 Å². The second-order valence-corrected chi connectivity index (χ2v) is 3.57. The average Bonchev–Trinajstić information content (AvgIpc) is 2.25. The Morgan fingerprint density at radius 3 is 2.73 bits per heavy atom. The van der Waals surface area contributed by atoms with Crippen molar-refractivity contribution in [2.45, 2.75) is 26.4 Å². The van der Waals surface area contributed by atoms with Gasteiger partial charge in [-0.25, -0.2) is 0 Å². The van der Waals surface area contributed by atoms with Crippen LogP contribution >= 0.6 is 0 Å². The maximum atomic E-state index is 11.7. The minimum absolute atomic E-state index is 0.117. The van der Waals surface area contributed by atoms with Gasteiger partial charge in [0.1, 0.15) is 0 Å². The first-order chi connectivity index (χ1) is 7.15. The van der Waals surface area contributed by atoms with Crippen LogP contribution in [0.1, 0.15) is 29.8 Å². The van der Waals surface area contributed by atoms with Gasteiger partial charge in [0.25, 0.3) is 5.91 Å². The third kappa shape index (κ3) is 3.36. The van der Waals surface area contributed by atoms with Crippen molar-refractivity contribution in [3.05, 3.63) is 35.4 Å². The molecule has 1 aromatic rings. The summed E-state index contributed by atoms with van der Waals surface area (Å²) in [5.41, 5.74) is 1.72. The maximum Gasteiger partial charge on any atom is 0.251 e. The Bertz CT molecular complexity index is 334. The number of carbonyl (C=O) groups excluding carboxylic acids is 1. The van der Waals surface area contributed by atoms with Crippen molar-refractivity contribution in [1.29, 1.82) is 0 Å². The van der Waals surface area contributed by atoms with Crippen LogP contribution in [-0.2, 0) is 6.42 Å². The molecule has 15 heavy (non-hydrogen) atoms. The van der Waals surface area contributed by atoms with Gasteiger partial charge in [0.2, 0.25) is 0 Å². The van der Waals surface area contributed by atoms with Crippen molar-refractivity contribution < 1.29 is 9.90 Å². The molecular formula is C12H17NO2. The van der Waals surface area contributed by atoms with E-state index < -0.39 is 6.10 Å². The van der Waals surface area contributed by atoms with Gasteiger partial charge in [0.05, 0.1) is 6.10 Å². The number of aryl methyl sites for hydroxylation is 1. The fourth-order valence-corrected chi connectivity index (χ4v) is 1.39. The minimum Gasteiger partial charge on any atom is -0.392 e. The normalized spacial score (nSPS) is 12.2. The molecule has 0 radical (unpaired) electrons. The van der Waals surface area contributed by atoms with Gasteiger partial charge < -0.3 is 10.4 Å². The molecule has 3 heteroatoms. The van der Waals surface area contributed by atoms with Gasteiger partial charge in [-0.05, 0) is 25.0 Å². The first-order valence-corrected chi connectivity index (χ1v) is 5.19. The second kappa shape index (κ2) is 5.51. The molecule has 0 spiro atoms. The SMILES string of the molecule is CCc1ccccc1C(=O)NC[C@H](C)O. The summed E-state index contributed by atoms with van der Waals surface area (Å²) < 4.78 is 0. The molecular weight excluding hydrogens is 190 g/mol. The Balaban J connectivity index is 2.72. The molecule has 0 bridgehead atoms. The summed E-state index contributed by atoms with van der Waals surface area (Å²) in [6.07, 6.45) is 0.320. The molecule has 0 aliphatic rings. The number of benzene rings is 1. The van der Waals surface area contributed by atoms with E-state index in [9.17, 15) is 4.79 Å². The van der Waals surface area contributed by atoms with Crippen LogP contribution in [0.5, 0.6) is 0 Å². The molecule has 1 rings (SSSR count). The first-order valence-electron chi connectivity index (χ1n) is 5.19. The van der Waals surface area contributed by atoms with Crippen LogP contribution in [0.4, 0.5) is 0 Å². The topological polar surface area (TPSA) is 49.3 Å². The zero-order valence-corrected chi connectivity index (χ0v) is 9.16. The molecule has 0 fully saturated rings. The van der Waals surface area contributed by atoms with Crippen molar-refractivity contribution in [2.24, 2.45) is 0 Å². The maximum absolute atomic E-state index is 11.7. The summed E-state index contributed by atoms with van der Waals surface area (Å²) in [5.74, 6) is -0.117. The van der Waals surface area contributed by atoms with Crippen molar-refractivity contribution in [3.63, 3.8) is 0 Å². The Kier molecular flexibility index (Phi) is 4.31. The summed E-state index contributed by atoms with van der Waals surface area (Å²) in [6.45, 7) is 3.95. The largest absolute Gasteiger partial charge is 0.392 e. The monoisotopic (exact) mass is 207 g/mol. The lowest BCUT2D eigenvalue weighted by molar-refractivity contribution is 0.0923. The highest BCUT2D eigenvalue weighted by Crippen LogP contribution is 2.08. The minimum atomic E-state index is -0.511. The van der Waals surface area contributed by atoms with E-state index in [4.69, 9.17) is 5.11 Å². The molecule has 0 aliphatic heterocycles. The van der Waals surface area contributed by atoms with Crippen LogP contribution in [0, 0.1) is 0 Å². The number of aliphatic hydroxyl groups excluding tert-OH is 1. The standard InChI is InChI=1S/C12H17NO2/c1-3-10-6-4-5-7-11(10)12(15)13-8-9(2)14/h4-7,9,14H,3,8H2,1-2H3,(H,13,15)/t9-/m0/s1. The zero-order chi connectivity index (χ0) is 11.3. The van der Waals surface area contributed by atoms with E-state index in [1.54, 1.807) is 13.0 Å². The molecule has 0 unspecified atom stereocenters. The fraction of sp³-hybridized carbons (Fsp3) is 0.417. The van der Waals surface area contributed by atoms with Gasteiger partial charge in [0.15, 0.2) is 0 Å². The zero-order valence-electron chi connectivity index (χ0n) is 9.16. The predicted octanol–water partition coefficient (Wildman–Crippen LogP) is 1.36. The van der Waals surface area contributed by atoms with Crippen LogP contribution in [-0.4, -0.2) is 23.7 Å². The number of hydrogen-bond donors (Lipinski definition) is 2. The molecule has 82 valence electrons. The molecule has 0 saturated heterocycles. The van der Waals surface area contributed by atoms with Crippen LogP contribution in [0.15, 0.2) is 24.3 Å². The van der Waals surface area contributed by atoms with Gasteiger partial charge >= 0.3 is 0 Å². The molecule has 0 aromatic heterocycles. The predicted molar refractivity (Wildman–Crippen MR) is 59.8 cm³/mol. The van der Waals surface area contributed by atoms with Crippen molar-refractivity contribution in [1.82, 2.24) is 5.32 Å². The highest BCUT2D eigenvalue weighted by molar-refractivity contribution is 5.95. The Morgan fingerprint density at radius 1 is 1.47 bits per heavy atom. The molecule has 3 nitrogen and oxygen atoms in total. The summed E-state index contributed by atoms with van der Waals surface area (Å²) in [5, 5.41) is 11.7. The molecule has 1 atom stereocenters. The molecule has 2 N–H and O–H groups in total. The molecule has 0 heterocycles. The number of nitrogens with one attached hydrogen (secondary N) is 1. The van der Waals surface area contributed by atoms with Crippen LogP contribution in [0.2, 0.25) is 0 Å². The van der Waals surface area contributed by atoms with Crippen LogP contribution in [0.25, 0.3) is 0 Å². The van der Waals surface area contributed by atoms with E-state index >= 15 is 0 Å². The molecule has 0 aliphatic carbocycles. The third-order valence-electron chi connectivity index (χ3n) is 2.20. The highest BCUT2D eigenvalue weighted by Gasteiger charge is 2.09. The second-order valence-electron chi connectivity index (χ2n) is 3.57. The molecule has 0 saturated carbocycles. The van der Waals surface area contributed by atoms with Gasteiger partial charge in [-0.2, -0.15) is 0 Å². The lowest BCUT2D eigenvalue weighted by Gasteiger charge is -2.09. The van der Waals surface area contributed by atoms with E-state index in [1.165, 1.54) is 0 Å². The fourth-order valence-electron chi connectivity index (χ4n) is 1.39. The van der Waals surface area contributed by atoms with Crippen molar-refractivity contribution >= 4 is 5.91 Å². The number of rotatable bonds is 4.